The van der Waals surface area contributed by atoms with Gasteiger partial charge in [-0.2, -0.15) is 0 Å². The molecule has 3 rings (SSSR count). The van der Waals surface area contributed by atoms with E-state index < -0.39 is 0 Å². The number of likely N-dealkylation sites (tertiary alicyclic amines) is 1. The average Bonchev–Trinajstić information content (AvgIpc) is 2.63. The van der Waals surface area contributed by atoms with Crippen LogP contribution in [-0.4, -0.2) is 40.0 Å². The molecule has 1 aromatic heterocycles. The normalized spacial score (nSPS) is 15.4. The molecule has 0 saturated carbocycles. The lowest BCUT2D eigenvalue weighted by atomic mass is 10.0. The fourth-order valence-corrected chi connectivity index (χ4v) is 3.05. The molecule has 0 spiro atoms. The van der Waals surface area contributed by atoms with Crippen molar-refractivity contribution in [2.75, 3.05) is 13.1 Å². The molecule has 0 aliphatic carbocycles. The molecule has 0 N–H and O–H groups in total. The van der Waals surface area contributed by atoms with Crippen LogP contribution < -0.4 is 4.74 Å². The van der Waals surface area contributed by atoms with Gasteiger partial charge in [-0.05, 0) is 17.0 Å². The summed E-state index contributed by atoms with van der Waals surface area (Å²) in [4.78, 5) is 22.4. The Bertz CT molecular complexity index is 678. The second-order valence-corrected chi connectivity index (χ2v) is 6.82. The lowest BCUT2D eigenvalue weighted by Crippen LogP contribution is -2.42. The van der Waals surface area contributed by atoms with Crippen molar-refractivity contribution in [3.05, 3.63) is 54.0 Å². The van der Waals surface area contributed by atoms with E-state index in [4.69, 9.17) is 4.74 Å². The second-order valence-electron chi connectivity index (χ2n) is 6.82. The number of ether oxygens (including phenoxy) is 1. The quantitative estimate of drug-likeness (QED) is 0.839. The number of rotatable bonds is 5. The van der Waals surface area contributed by atoms with Crippen LogP contribution in [0.25, 0.3) is 0 Å². The zero-order chi connectivity index (χ0) is 17.6. The van der Waals surface area contributed by atoms with E-state index in [1.54, 1.807) is 12.3 Å². The molecule has 5 nitrogen and oxygen atoms in total. The van der Waals surface area contributed by atoms with E-state index in [9.17, 15) is 4.79 Å². The largest absolute Gasteiger partial charge is 0.474 e. The molecule has 1 amide bonds. The van der Waals surface area contributed by atoms with Crippen LogP contribution in [0, 0.1) is 0 Å². The Morgan fingerprint density at radius 1 is 1.20 bits per heavy atom. The third kappa shape index (κ3) is 4.78. The van der Waals surface area contributed by atoms with Crippen LogP contribution >= 0.6 is 0 Å². The average molecular weight is 339 g/mol. The van der Waals surface area contributed by atoms with E-state index in [-0.39, 0.29) is 12.0 Å². The minimum absolute atomic E-state index is 0.115. The molecule has 0 atom stereocenters. The number of benzene rings is 1. The standard InChI is InChI=1S/C20H25N3O2/c1-15(2)17-5-3-16(4-6-17)13-20(24)23-11-8-18(9-12-23)25-19-7-10-21-14-22-19/h3-7,10,14-15,18H,8-9,11-13H2,1-2H3. The zero-order valence-electron chi connectivity index (χ0n) is 14.9. The van der Waals surface area contributed by atoms with Crippen LogP contribution in [0.4, 0.5) is 0 Å². The van der Waals surface area contributed by atoms with Crippen molar-refractivity contribution in [3.63, 3.8) is 0 Å². The smallest absolute Gasteiger partial charge is 0.226 e. The highest BCUT2D eigenvalue weighted by molar-refractivity contribution is 5.78. The van der Waals surface area contributed by atoms with Crippen molar-refractivity contribution >= 4 is 5.91 Å². The fraction of sp³-hybridized carbons (Fsp3) is 0.450. The predicted molar refractivity (Wildman–Crippen MR) is 96.5 cm³/mol. The lowest BCUT2D eigenvalue weighted by Gasteiger charge is -2.32. The van der Waals surface area contributed by atoms with E-state index in [1.165, 1.54) is 11.9 Å². The van der Waals surface area contributed by atoms with Crippen molar-refractivity contribution in [1.82, 2.24) is 14.9 Å². The molecule has 1 aliphatic heterocycles. The summed E-state index contributed by atoms with van der Waals surface area (Å²) < 4.78 is 5.85. The molecule has 2 heterocycles. The van der Waals surface area contributed by atoms with Gasteiger partial charge in [0.2, 0.25) is 11.8 Å². The molecule has 25 heavy (non-hydrogen) atoms. The Balaban J connectivity index is 1.48. The number of amides is 1. The molecule has 1 saturated heterocycles. The first-order chi connectivity index (χ1) is 12.1. The fourth-order valence-electron chi connectivity index (χ4n) is 3.05. The van der Waals surface area contributed by atoms with Gasteiger partial charge in [-0.15, -0.1) is 0 Å². The van der Waals surface area contributed by atoms with Gasteiger partial charge in [0.25, 0.3) is 0 Å². The number of carbonyl (C=O) groups is 1. The minimum atomic E-state index is 0.115. The number of aromatic nitrogens is 2. The molecule has 2 aromatic rings. The number of nitrogens with zero attached hydrogens (tertiary/aromatic N) is 3. The van der Waals surface area contributed by atoms with Crippen LogP contribution in [-0.2, 0) is 11.2 Å². The molecular formula is C20H25N3O2. The van der Waals surface area contributed by atoms with Gasteiger partial charge in [-0.1, -0.05) is 38.1 Å². The first kappa shape index (κ1) is 17.4. The van der Waals surface area contributed by atoms with E-state index in [0.29, 0.717) is 18.2 Å². The van der Waals surface area contributed by atoms with Gasteiger partial charge in [-0.25, -0.2) is 9.97 Å². The van der Waals surface area contributed by atoms with Crippen molar-refractivity contribution < 1.29 is 9.53 Å². The summed E-state index contributed by atoms with van der Waals surface area (Å²) in [6.45, 7) is 5.82. The zero-order valence-corrected chi connectivity index (χ0v) is 14.9. The Morgan fingerprint density at radius 3 is 2.52 bits per heavy atom. The maximum absolute atomic E-state index is 12.5. The molecule has 0 unspecified atom stereocenters. The summed E-state index contributed by atoms with van der Waals surface area (Å²) in [6, 6.07) is 10.1. The van der Waals surface area contributed by atoms with Crippen LogP contribution in [0.1, 0.15) is 43.7 Å². The summed E-state index contributed by atoms with van der Waals surface area (Å²) in [5.41, 5.74) is 2.38. The summed E-state index contributed by atoms with van der Waals surface area (Å²) in [6.07, 6.45) is 5.41. The molecule has 0 bridgehead atoms. The maximum Gasteiger partial charge on any atom is 0.226 e. The Morgan fingerprint density at radius 2 is 1.92 bits per heavy atom. The van der Waals surface area contributed by atoms with Crippen LogP contribution in [0.5, 0.6) is 5.88 Å². The molecule has 5 heteroatoms. The molecule has 0 radical (unpaired) electrons. The monoisotopic (exact) mass is 339 g/mol. The van der Waals surface area contributed by atoms with Crippen molar-refractivity contribution in [2.24, 2.45) is 0 Å². The van der Waals surface area contributed by atoms with E-state index in [2.05, 4.69) is 48.1 Å². The highest BCUT2D eigenvalue weighted by atomic mass is 16.5. The van der Waals surface area contributed by atoms with Gasteiger partial charge in [0.15, 0.2) is 0 Å². The molecule has 1 aromatic carbocycles. The van der Waals surface area contributed by atoms with Crippen molar-refractivity contribution in [3.8, 4) is 5.88 Å². The Kier molecular flexibility index (Phi) is 5.64. The molecule has 1 aliphatic rings. The third-order valence-corrected chi connectivity index (χ3v) is 4.64. The number of hydrogen-bond donors (Lipinski definition) is 0. The van der Waals surface area contributed by atoms with Gasteiger partial charge in [0, 0.05) is 38.2 Å². The summed E-state index contributed by atoms with van der Waals surface area (Å²) in [5.74, 6) is 1.31. The van der Waals surface area contributed by atoms with Gasteiger partial charge in [-0.3, -0.25) is 4.79 Å². The Hall–Kier alpha value is -2.43. The van der Waals surface area contributed by atoms with E-state index in [0.717, 1.165) is 31.5 Å². The van der Waals surface area contributed by atoms with Gasteiger partial charge in [0.05, 0.1) is 6.42 Å². The Labute approximate surface area is 149 Å². The second kappa shape index (κ2) is 8.10. The number of hydrogen-bond acceptors (Lipinski definition) is 4. The topological polar surface area (TPSA) is 55.3 Å². The van der Waals surface area contributed by atoms with Crippen LogP contribution in [0.15, 0.2) is 42.9 Å². The molecular weight excluding hydrogens is 314 g/mol. The maximum atomic E-state index is 12.5. The van der Waals surface area contributed by atoms with Gasteiger partial charge >= 0.3 is 0 Å². The van der Waals surface area contributed by atoms with E-state index in [1.807, 2.05) is 4.90 Å². The number of carbonyl (C=O) groups excluding carboxylic acids is 1. The van der Waals surface area contributed by atoms with Crippen LogP contribution in [0.3, 0.4) is 0 Å². The number of piperidine rings is 1. The summed E-state index contributed by atoms with van der Waals surface area (Å²) in [7, 11) is 0. The summed E-state index contributed by atoms with van der Waals surface area (Å²) in [5, 5.41) is 0. The molecule has 132 valence electrons. The van der Waals surface area contributed by atoms with Gasteiger partial charge < -0.3 is 9.64 Å². The lowest BCUT2D eigenvalue weighted by molar-refractivity contribution is -0.132. The van der Waals surface area contributed by atoms with Crippen molar-refractivity contribution in [2.45, 2.75) is 45.1 Å². The van der Waals surface area contributed by atoms with Gasteiger partial charge in [0.1, 0.15) is 12.4 Å². The minimum Gasteiger partial charge on any atom is -0.474 e. The molecule has 1 fully saturated rings. The first-order valence-corrected chi connectivity index (χ1v) is 8.91. The highest BCUT2D eigenvalue weighted by Crippen LogP contribution is 2.18. The van der Waals surface area contributed by atoms with Crippen molar-refractivity contribution in [1.29, 1.82) is 0 Å². The summed E-state index contributed by atoms with van der Waals surface area (Å²) >= 11 is 0. The predicted octanol–water partition coefficient (Wildman–Crippen LogP) is 3.21. The SMILES string of the molecule is CC(C)c1ccc(CC(=O)N2CCC(Oc3ccncn3)CC2)cc1. The van der Waals surface area contributed by atoms with Crippen LogP contribution in [0.2, 0.25) is 0 Å². The first-order valence-electron chi connectivity index (χ1n) is 8.91. The van der Waals surface area contributed by atoms with E-state index >= 15 is 0 Å². The highest BCUT2D eigenvalue weighted by Gasteiger charge is 2.24. The third-order valence-electron chi connectivity index (χ3n) is 4.64.